The van der Waals surface area contributed by atoms with Crippen LogP contribution in [0, 0.1) is 6.57 Å². The van der Waals surface area contributed by atoms with E-state index in [1.807, 2.05) is 0 Å². The molecule has 0 amide bonds. The Morgan fingerprint density at radius 2 is 0.928 bits per heavy atom. The molecule has 0 bridgehead atoms. The zero-order valence-corrected chi connectivity index (χ0v) is 37.3. The second-order valence-electron chi connectivity index (χ2n) is 15.8. The summed E-state index contributed by atoms with van der Waals surface area (Å²) in [5, 5.41) is 34.2. The summed E-state index contributed by atoms with van der Waals surface area (Å²) >= 11 is 5.89. The summed E-state index contributed by atoms with van der Waals surface area (Å²) in [6.07, 6.45) is -3.37. The molecule has 0 saturated heterocycles. The number of benzene rings is 2. The number of aliphatic hydroxyl groups is 2. The molecule has 0 unspecified atom stereocenters. The Morgan fingerprint density at radius 3 is 1.30 bits per heavy atom. The van der Waals surface area contributed by atoms with Gasteiger partial charge in [-0.25, -0.2) is 24.2 Å². The Bertz CT molecular complexity index is 3110. The number of nitrogens with zero attached hydrogens (tertiary/aromatic N) is 9. The number of nitrogens with one attached hydrogen (secondary N) is 2. The van der Waals surface area contributed by atoms with Crippen LogP contribution in [0.5, 0.6) is 23.3 Å². The van der Waals surface area contributed by atoms with Crippen LogP contribution >= 0.6 is 11.6 Å². The number of hydrogen-bond acceptors (Lipinski definition) is 12. The molecule has 6 aromatic heterocycles. The third-order valence-electron chi connectivity index (χ3n) is 9.45. The Hall–Kier alpha value is -8.06. The Labute approximate surface area is 394 Å². The van der Waals surface area contributed by atoms with Crippen LogP contribution in [0.25, 0.3) is 16.2 Å². The quantitative estimate of drug-likeness (QED) is 0.0675. The fourth-order valence-corrected chi connectivity index (χ4v) is 6.21. The lowest BCUT2D eigenvalue weighted by Gasteiger charge is -2.17. The van der Waals surface area contributed by atoms with E-state index >= 15 is 0 Å². The van der Waals surface area contributed by atoms with Gasteiger partial charge in [-0.05, 0) is 100 Å². The maximum Gasteiger partial charge on any atom is 0.435 e. The van der Waals surface area contributed by atoms with Gasteiger partial charge >= 0.3 is 12.4 Å². The van der Waals surface area contributed by atoms with Crippen molar-refractivity contribution in [2.45, 2.75) is 51.2 Å². The lowest BCUT2D eigenvalue weighted by molar-refractivity contribution is -0.142. The maximum absolute atomic E-state index is 13.4. The van der Waals surface area contributed by atoms with Crippen LogP contribution in [0.2, 0.25) is 5.02 Å². The molecule has 8 rings (SSSR count). The first kappa shape index (κ1) is 48.9. The number of hydrogen-bond donors (Lipinski definition) is 4. The number of ether oxygens (including phenoxy) is 2. The maximum atomic E-state index is 13.4. The summed E-state index contributed by atoms with van der Waals surface area (Å²) in [7, 11) is 0. The van der Waals surface area contributed by atoms with Gasteiger partial charge in [0.25, 0.3) is 0 Å². The average molecular weight is 970 g/mol. The molecule has 0 atom stereocenters. The van der Waals surface area contributed by atoms with Gasteiger partial charge in [0.1, 0.15) is 34.3 Å². The van der Waals surface area contributed by atoms with Crippen molar-refractivity contribution in [3.05, 3.63) is 173 Å². The second-order valence-corrected chi connectivity index (χ2v) is 16.3. The van der Waals surface area contributed by atoms with E-state index in [4.69, 9.17) is 27.6 Å². The molecule has 15 nitrogen and oxygen atoms in total. The van der Waals surface area contributed by atoms with Crippen LogP contribution in [-0.4, -0.2) is 49.7 Å². The minimum Gasteiger partial charge on any atom is -0.439 e. The highest BCUT2D eigenvalue weighted by molar-refractivity contribution is 6.30. The van der Waals surface area contributed by atoms with Crippen molar-refractivity contribution in [2.75, 3.05) is 10.6 Å². The van der Waals surface area contributed by atoms with Crippen LogP contribution in [-0.2, 0) is 23.6 Å². The molecular weight excluding hydrogens is 932 g/mol. The fraction of sp³-hybridized carbons (Fsp3) is 0.170. The van der Waals surface area contributed by atoms with Crippen molar-refractivity contribution < 1.29 is 46.0 Å². The van der Waals surface area contributed by atoms with Crippen molar-refractivity contribution in [3.8, 4) is 34.6 Å². The molecule has 0 aliphatic carbocycles. The molecule has 0 saturated carbocycles. The zero-order valence-electron chi connectivity index (χ0n) is 36.6. The van der Waals surface area contributed by atoms with E-state index in [-0.39, 0.29) is 23.3 Å². The van der Waals surface area contributed by atoms with Gasteiger partial charge in [-0.3, -0.25) is 9.97 Å². The van der Waals surface area contributed by atoms with E-state index < -0.39 is 34.9 Å². The SMILES string of the molecule is CC(C)(O)c1cc(Nc2cc(Oc3cc(C(F)(F)F)nn3-c3ccc(Cl)cc3)ccn2)ccn1.[C-]#[N+]c1ccc(-n2nc(C(F)(F)F)cc2Oc2ccnc(Nc3ccnc(C(C)(C)O)c3)c2)cc1. The molecule has 0 spiro atoms. The predicted molar refractivity (Wildman–Crippen MR) is 243 cm³/mol. The van der Waals surface area contributed by atoms with Crippen molar-refractivity contribution in [3.63, 3.8) is 0 Å². The summed E-state index contributed by atoms with van der Waals surface area (Å²) in [4.78, 5) is 20.0. The minimum absolute atomic E-state index is 0.139. The van der Waals surface area contributed by atoms with Crippen LogP contribution in [0.4, 0.5) is 55.0 Å². The van der Waals surface area contributed by atoms with E-state index in [9.17, 15) is 36.6 Å². The summed E-state index contributed by atoms with van der Waals surface area (Å²) in [5.74, 6) is 0.876. The molecule has 0 aliphatic rings. The number of alkyl halides is 6. The van der Waals surface area contributed by atoms with Crippen molar-refractivity contribution >= 4 is 40.3 Å². The standard InChI is InChI=1S/C24H19F3N6O2.C23H19ClF3N5O2/c1-23(2,34)19-12-16(8-10-29-19)31-21-13-18(9-11-30-21)35-22-14-20(24(25,26)27)32-33(22)17-6-4-15(28-3)5-7-17;1-22(2,33)18-11-15(7-9-28-18)30-20-12-17(8-10-29-20)34-21-13-19(23(25,26)27)31-32(21)16-5-3-14(24)4-6-16/h4-14,34H,1-2H3,(H,29,30,31);3-13,33H,1-2H3,(H,28,29,30). The monoisotopic (exact) mass is 969 g/mol. The fourth-order valence-electron chi connectivity index (χ4n) is 6.08. The highest BCUT2D eigenvalue weighted by atomic mass is 35.5. The van der Waals surface area contributed by atoms with E-state index in [2.05, 4.69) is 45.6 Å². The lowest BCUT2D eigenvalue weighted by Crippen LogP contribution is -2.17. The molecule has 69 heavy (non-hydrogen) atoms. The van der Waals surface area contributed by atoms with Gasteiger partial charge < -0.3 is 30.3 Å². The normalized spacial score (nSPS) is 11.8. The zero-order chi connectivity index (χ0) is 49.7. The van der Waals surface area contributed by atoms with Crippen molar-refractivity contribution in [2.24, 2.45) is 0 Å². The first-order valence-corrected chi connectivity index (χ1v) is 20.7. The molecule has 8 aromatic rings. The van der Waals surface area contributed by atoms with Gasteiger partial charge in [-0.2, -0.15) is 36.5 Å². The lowest BCUT2D eigenvalue weighted by atomic mass is 10.0. The third-order valence-corrected chi connectivity index (χ3v) is 9.71. The highest BCUT2D eigenvalue weighted by Gasteiger charge is 2.37. The number of halogens is 7. The molecule has 0 aliphatic heterocycles. The first-order chi connectivity index (χ1) is 32.5. The number of aromatic nitrogens is 8. The predicted octanol–water partition coefficient (Wildman–Crippen LogP) is 12.1. The first-order valence-electron chi connectivity index (χ1n) is 20.3. The van der Waals surface area contributed by atoms with E-state index in [0.717, 1.165) is 21.5 Å². The number of pyridine rings is 4. The average Bonchev–Trinajstić information content (AvgIpc) is 3.92. The van der Waals surface area contributed by atoms with Crippen molar-refractivity contribution in [1.29, 1.82) is 0 Å². The van der Waals surface area contributed by atoms with Crippen LogP contribution in [0.1, 0.15) is 50.5 Å². The summed E-state index contributed by atoms with van der Waals surface area (Å²) in [6.45, 7) is 13.5. The molecule has 22 heteroatoms. The third kappa shape index (κ3) is 12.7. The molecule has 0 radical (unpaired) electrons. The summed E-state index contributed by atoms with van der Waals surface area (Å²) in [5.41, 5.74) is -1.39. The molecule has 2 aromatic carbocycles. The molecule has 354 valence electrons. The summed E-state index contributed by atoms with van der Waals surface area (Å²) in [6, 6.07) is 26.4. The van der Waals surface area contributed by atoms with Gasteiger partial charge in [0.15, 0.2) is 17.1 Å². The second kappa shape index (κ2) is 19.7. The Morgan fingerprint density at radius 1 is 0.536 bits per heavy atom. The van der Waals surface area contributed by atoms with Crippen LogP contribution in [0.3, 0.4) is 0 Å². The van der Waals surface area contributed by atoms with Gasteiger partial charge in [0.2, 0.25) is 11.8 Å². The van der Waals surface area contributed by atoms with Crippen LogP contribution in [0.15, 0.2) is 134 Å². The number of anilines is 4. The Balaban J connectivity index is 0.000000204. The van der Waals surface area contributed by atoms with Gasteiger partial charge in [-0.1, -0.05) is 23.7 Å². The highest BCUT2D eigenvalue weighted by Crippen LogP contribution is 2.37. The summed E-state index contributed by atoms with van der Waals surface area (Å²) < 4.78 is 93.7. The minimum atomic E-state index is -4.68. The molecule has 6 heterocycles. The van der Waals surface area contributed by atoms with Crippen LogP contribution < -0.4 is 20.1 Å². The smallest absolute Gasteiger partial charge is 0.435 e. The van der Waals surface area contributed by atoms with E-state index in [1.54, 1.807) is 70.3 Å². The van der Waals surface area contributed by atoms with Gasteiger partial charge in [0, 0.05) is 65.5 Å². The van der Waals surface area contributed by atoms with E-state index in [1.165, 1.54) is 79.3 Å². The number of rotatable bonds is 12. The topological polar surface area (TPSA) is 175 Å². The molecular formula is C47H38ClF6N11O4. The molecule has 4 N–H and O–H groups in total. The van der Waals surface area contributed by atoms with Gasteiger partial charge in [0.05, 0.1) is 29.3 Å². The molecule has 0 fully saturated rings. The van der Waals surface area contributed by atoms with Crippen molar-refractivity contribution in [1.82, 2.24) is 39.5 Å². The van der Waals surface area contributed by atoms with Gasteiger partial charge in [-0.15, -0.1) is 0 Å². The largest absolute Gasteiger partial charge is 0.439 e. The van der Waals surface area contributed by atoms with E-state index in [0.29, 0.717) is 56.5 Å². The Kier molecular flexibility index (Phi) is 13.9.